The van der Waals surface area contributed by atoms with Gasteiger partial charge in [-0.05, 0) is 42.2 Å². The van der Waals surface area contributed by atoms with E-state index in [4.69, 9.17) is 5.73 Å². The quantitative estimate of drug-likeness (QED) is 0.800. The van der Waals surface area contributed by atoms with E-state index in [1.807, 2.05) is 0 Å². The van der Waals surface area contributed by atoms with Crippen LogP contribution >= 0.6 is 0 Å². The van der Waals surface area contributed by atoms with Crippen molar-refractivity contribution in [2.45, 2.75) is 45.6 Å². The van der Waals surface area contributed by atoms with Gasteiger partial charge in [0.15, 0.2) is 0 Å². The highest BCUT2D eigenvalue weighted by molar-refractivity contribution is 5.26. The summed E-state index contributed by atoms with van der Waals surface area (Å²) >= 11 is 0. The Labute approximate surface area is 99.0 Å². The van der Waals surface area contributed by atoms with Crippen molar-refractivity contribution in [2.24, 2.45) is 17.6 Å². The molecule has 1 nitrogen and oxygen atoms in total. The Kier molecular flexibility index (Phi) is 3.65. The van der Waals surface area contributed by atoms with Crippen LogP contribution in [-0.4, -0.2) is 0 Å². The normalized spacial score (nSPS) is 25.4. The number of rotatable bonds is 5. The van der Waals surface area contributed by atoms with E-state index in [1.165, 1.54) is 36.8 Å². The fraction of sp³-hybridized carbons (Fsp3) is 0.600. The summed E-state index contributed by atoms with van der Waals surface area (Å²) in [7, 11) is 0. The van der Waals surface area contributed by atoms with Crippen molar-refractivity contribution in [3.05, 3.63) is 35.4 Å². The molecule has 0 amide bonds. The average molecular weight is 217 g/mol. The molecule has 1 saturated carbocycles. The lowest BCUT2D eigenvalue weighted by atomic mass is 9.99. The molecule has 0 saturated heterocycles. The first-order valence-corrected chi connectivity index (χ1v) is 6.56. The van der Waals surface area contributed by atoms with Crippen LogP contribution in [-0.2, 0) is 6.42 Å². The summed E-state index contributed by atoms with van der Waals surface area (Å²) < 4.78 is 0. The summed E-state index contributed by atoms with van der Waals surface area (Å²) in [6, 6.07) is 9.20. The van der Waals surface area contributed by atoms with Crippen molar-refractivity contribution >= 4 is 0 Å². The third kappa shape index (κ3) is 2.65. The number of nitrogens with two attached hydrogens (primary N) is 1. The van der Waals surface area contributed by atoms with Crippen LogP contribution in [0.1, 0.15) is 50.3 Å². The maximum absolute atomic E-state index is 6.24. The molecule has 1 aliphatic carbocycles. The molecule has 1 aliphatic rings. The van der Waals surface area contributed by atoms with Gasteiger partial charge in [-0.2, -0.15) is 0 Å². The van der Waals surface area contributed by atoms with Crippen molar-refractivity contribution in [3.8, 4) is 0 Å². The van der Waals surface area contributed by atoms with Crippen LogP contribution in [0.25, 0.3) is 0 Å². The summed E-state index contributed by atoms with van der Waals surface area (Å²) in [5.41, 5.74) is 9.00. The second kappa shape index (κ2) is 5.01. The van der Waals surface area contributed by atoms with Gasteiger partial charge in [0.05, 0.1) is 0 Å². The van der Waals surface area contributed by atoms with Gasteiger partial charge in [-0.1, -0.05) is 44.5 Å². The number of hydrogen-bond donors (Lipinski definition) is 1. The molecule has 0 radical (unpaired) electrons. The van der Waals surface area contributed by atoms with E-state index in [9.17, 15) is 0 Å². The Morgan fingerprint density at radius 2 is 1.94 bits per heavy atom. The van der Waals surface area contributed by atoms with Gasteiger partial charge in [0, 0.05) is 6.04 Å². The summed E-state index contributed by atoms with van der Waals surface area (Å²) in [4.78, 5) is 0. The first kappa shape index (κ1) is 11.7. The molecule has 88 valence electrons. The Hall–Kier alpha value is -0.820. The van der Waals surface area contributed by atoms with E-state index >= 15 is 0 Å². The smallest absolute Gasteiger partial charge is 0.0326 e. The second-order valence-corrected chi connectivity index (χ2v) is 5.25. The van der Waals surface area contributed by atoms with E-state index in [-0.39, 0.29) is 6.04 Å². The molecule has 2 N–H and O–H groups in total. The van der Waals surface area contributed by atoms with Crippen molar-refractivity contribution in [1.82, 2.24) is 0 Å². The average Bonchev–Trinajstić information content (AvgIpc) is 3.03. The maximum atomic E-state index is 6.24. The molecule has 0 aromatic heterocycles. The highest BCUT2D eigenvalue weighted by atomic mass is 14.7. The van der Waals surface area contributed by atoms with E-state index in [1.54, 1.807) is 0 Å². The molecule has 0 aliphatic heterocycles. The van der Waals surface area contributed by atoms with Crippen molar-refractivity contribution in [1.29, 1.82) is 0 Å². The Balaban J connectivity index is 1.96. The lowest BCUT2D eigenvalue weighted by Crippen LogP contribution is -2.13. The van der Waals surface area contributed by atoms with Crippen LogP contribution in [0.15, 0.2) is 24.3 Å². The molecule has 0 spiro atoms. The summed E-state index contributed by atoms with van der Waals surface area (Å²) in [5.74, 6) is 1.55. The topological polar surface area (TPSA) is 26.0 Å². The summed E-state index contributed by atoms with van der Waals surface area (Å²) in [6.45, 7) is 4.53. The molecule has 1 fully saturated rings. The van der Waals surface area contributed by atoms with Crippen LogP contribution in [0, 0.1) is 11.8 Å². The van der Waals surface area contributed by atoms with Crippen LogP contribution in [0.2, 0.25) is 0 Å². The molecule has 1 aromatic carbocycles. The van der Waals surface area contributed by atoms with Crippen LogP contribution < -0.4 is 5.73 Å². The Bertz CT molecular complexity index is 328. The third-order valence-electron chi connectivity index (χ3n) is 3.82. The minimum absolute atomic E-state index is 0.259. The lowest BCUT2D eigenvalue weighted by Gasteiger charge is -2.12. The molecule has 0 bridgehead atoms. The van der Waals surface area contributed by atoms with E-state index in [0.717, 1.165) is 11.8 Å². The maximum Gasteiger partial charge on any atom is 0.0326 e. The van der Waals surface area contributed by atoms with Gasteiger partial charge in [-0.25, -0.2) is 0 Å². The lowest BCUT2D eigenvalue weighted by molar-refractivity contribution is 0.593. The van der Waals surface area contributed by atoms with Gasteiger partial charge < -0.3 is 5.73 Å². The minimum atomic E-state index is 0.259. The van der Waals surface area contributed by atoms with Gasteiger partial charge in [0.1, 0.15) is 0 Å². The van der Waals surface area contributed by atoms with Crippen molar-refractivity contribution in [2.75, 3.05) is 0 Å². The molecule has 2 rings (SSSR count). The van der Waals surface area contributed by atoms with E-state index in [0.29, 0.717) is 0 Å². The number of unbranched alkanes of at least 4 members (excludes halogenated alkanes) is 1. The molecule has 3 unspecified atom stereocenters. The zero-order chi connectivity index (χ0) is 11.5. The number of hydrogen-bond acceptors (Lipinski definition) is 1. The largest absolute Gasteiger partial charge is 0.324 e. The van der Waals surface area contributed by atoms with Crippen LogP contribution in [0.4, 0.5) is 0 Å². The highest BCUT2D eigenvalue weighted by Gasteiger charge is 2.38. The Morgan fingerprint density at radius 1 is 1.31 bits per heavy atom. The zero-order valence-corrected chi connectivity index (χ0v) is 10.4. The molecular formula is C15H23N. The van der Waals surface area contributed by atoms with Gasteiger partial charge in [-0.15, -0.1) is 0 Å². The van der Waals surface area contributed by atoms with Gasteiger partial charge in [0.25, 0.3) is 0 Å². The Morgan fingerprint density at radius 3 is 2.44 bits per heavy atom. The van der Waals surface area contributed by atoms with Crippen LogP contribution in [0.3, 0.4) is 0 Å². The van der Waals surface area contributed by atoms with Gasteiger partial charge in [0.2, 0.25) is 0 Å². The fourth-order valence-corrected chi connectivity index (χ4v) is 2.39. The molecule has 16 heavy (non-hydrogen) atoms. The third-order valence-corrected chi connectivity index (χ3v) is 3.82. The van der Waals surface area contributed by atoms with E-state index < -0.39 is 0 Å². The first-order chi connectivity index (χ1) is 7.72. The minimum Gasteiger partial charge on any atom is -0.324 e. The SMILES string of the molecule is CCCCc1ccc(C(N)C2CC2C)cc1. The molecule has 1 aromatic rings. The van der Waals surface area contributed by atoms with Crippen molar-refractivity contribution in [3.63, 3.8) is 0 Å². The number of benzene rings is 1. The standard InChI is InChI=1S/C15H23N/c1-3-4-5-12-6-8-13(9-7-12)15(16)14-10-11(14)2/h6-9,11,14-15H,3-5,10,16H2,1-2H3. The highest BCUT2D eigenvalue weighted by Crippen LogP contribution is 2.45. The van der Waals surface area contributed by atoms with E-state index in [2.05, 4.69) is 38.1 Å². The predicted molar refractivity (Wildman–Crippen MR) is 69.3 cm³/mol. The fourth-order valence-electron chi connectivity index (χ4n) is 2.39. The first-order valence-electron chi connectivity index (χ1n) is 6.56. The molecule has 0 heterocycles. The molecular weight excluding hydrogens is 194 g/mol. The summed E-state index contributed by atoms with van der Waals surface area (Å²) in [6.07, 6.45) is 5.05. The molecule has 3 atom stereocenters. The van der Waals surface area contributed by atoms with Gasteiger partial charge in [-0.3, -0.25) is 0 Å². The number of aryl methyl sites for hydroxylation is 1. The monoisotopic (exact) mass is 217 g/mol. The predicted octanol–water partition coefficient (Wildman–Crippen LogP) is 3.69. The van der Waals surface area contributed by atoms with Crippen LogP contribution in [0.5, 0.6) is 0 Å². The zero-order valence-electron chi connectivity index (χ0n) is 10.4. The molecule has 1 heteroatoms. The van der Waals surface area contributed by atoms with Crippen molar-refractivity contribution < 1.29 is 0 Å². The summed E-state index contributed by atoms with van der Waals surface area (Å²) in [5, 5.41) is 0. The second-order valence-electron chi connectivity index (χ2n) is 5.25. The van der Waals surface area contributed by atoms with Gasteiger partial charge >= 0.3 is 0 Å².